The summed E-state index contributed by atoms with van der Waals surface area (Å²) in [5, 5.41) is 9.51. The maximum Gasteiger partial charge on any atom is 0.339 e. The Morgan fingerprint density at radius 1 is 1.45 bits per heavy atom. The molecule has 3 rings (SSSR count). The van der Waals surface area contributed by atoms with E-state index in [1.54, 1.807) is 0 Å². The molecule has 1 N–H and O–H groups in total. The first-order chi connectivity index (χ1) is 9.58. The molecule has 0 aromatic carbocycles. The second kappa shape index (κ2) is 5.05. The van der Waals surface area contributed by atoms with Crippen molar-refractivity contribution in [3.05, 3.63) is 22.9 Å². The average Bonchev–Trinajstić information content (AvgIpc) is 2.84. The average molecular weight is 276 g/mol. The van der Waals surface area contributed by atoms with Gasteiger partial charge >= 0.3 is 5.97 Å². The molecule has 1 aromatic heterocycles. The second-order valence-corrected chi connectivity index (χ2v) is 5.69. The molecule has 2 atom stereocenters. The number of nitrogens with zero attached hydrogens (tertiary/aromatic N) is 2. The lowest BCUT2D eigenvalue weighted by molar-refractivity contribution is 0.0251. The Morgan fingerprint density at radius 3 is 3.00 bits per heavy atom. The van der Waals surface area contributed by atoms with E-state index in [0.717, 1.165) is 37.1 Å². The van der Waals surface area contributed by atoms with E-state index in [0.29, 0.717) is 18.0 Å². The van der Waals surface area contributed by atoms with Crippen molar-refractivity contribution in [1.29, 1.82) is 0 Å². The summed E-state index contributed by atoms with van der Waals surface area (Å²) in [5.41, 5.74) is 1.98. The third-order valence-electron chi connectivity index (χ3n) is 4.29. The number of aryl methyl sites for hydroxylation is 2. The Balaban J connectivity index is 2.06. The van der Waals surface area contributed by atoms with Gasteiger partial charge in [-0.2, -0.15) is 0 Å². The molecule has 1 saturated carbocycles. The lowest BCUT2D eigenvalue weighted by Gasteiger charge is -2.39. The summed E-state index contributed by atoms with van der Waals surface area (Å²) in [7, 11) is 0. The molecule has 2 heterocycles. The van der Waals surface area contributed by atoms with Gasteiger partial charge in [0.05, 0.1) is 18.8 Å². The van der Waals surface area contributed by atoms with Gasteiger partial charge in [-0.15, -0.1) is 0 Å². The Morgan fingerprint density at radius 2 is 2.25 bits per heavy atom. The highest BCUT2D eigenvalue weighted by Gasteiger charge is 2.38. The highest BCUT2D eigenvalue weighted by Crippen LogP contribution is 2.34. The Labute approximate surface area is 118 Å². The van der Waals surface area contributed by atoms with E-state index in [1.165, 1.54) is 0 Å². The van der Waals surface area contributed by atoms with Crippen molar-refractivity contribution in [1.82, 2.24) is 4.98 Å². The largest absolute Gasteiger partial charge is 0.478 e. The second-order valence-electron chi connectivity index (χ2n) is 5.69. The molecular formula is C15H20N2O3. The van der Waals surface area contributed by atoms with Gasteiger partial charge in [0.15, 0.2) is 0 Å². The van der Waals surface area contributed by atoms with E-state index >= 15 is 0 Å². The van der Waals surface area contributed by atoms with Gasteiger partial charge in [-0.25, -0.2) is 9.78 Å². The molecule has 0 radical (unpaired) electrons. The van der Waals surface area contributed by atoms with Crippen LogP contribution in [0.4, 0.5) is 5.82 Å². The van der Waals surface area contributed by atoms with Crippen molar-refractivity contribution in [3.63, 3.8) is 0 Å². The standard InChI is InChI=1S/C15H20N2O3/c1-9-8-10(2)16-14(13(9)15(18)19)17-6-7-20-12-5-3-4-11(12)17/h8,11-12H,3-7H2,1-2H3,(H,18,19). The van der Waals surface area contributed by atoms with Crippen molar-refractivity contribution in [2.75, 3.05) is 18.1 Å². The third kappa shape index (κ3) is 2.16. The van der Waals surface area contributed by atoms with Crippen LogP contribution < -0.4 is 4.90 Å². The fourth-order valence-electron chi connectivity index (χ4n) is 3.48. The summed E-state index contributed by atoms with van der Waals surface area (Å²) >= 11 is 0. The molecular weight excluding hydrogens is 256 g/mol. The zero-order valence-electron chi connectivity index (χ0n) is 11.9. The highest BCUT2D eigenvalue weighted by atomic mass is 16.5. The molecule has 2 unspecified atom stereocenters. The van der Waals surface area contributed by atoms with Gasteiger partial charge in [0.25, 0.3) is 0 Å². The minimum absolute atomic E-state index is 0.230. The van der Waals surface area contributed by atoms with Crippen LogP contribution in [0.25, 0.3) is 0 Å². The van der Waals surface area contributed by atoms with Crippen LogP contribution in [-0.4, -0.2) is 41.4 Å². The van der Waals surface area contributed by atoms with Gasteiger partial charge in [-0.05, 0) is 44.7 Å². The van der Waals surface area contributed by atoms with Crippen LogP contribution in [0.5, 0.6) is 0 Å². The fraction of sp³-hybridized carbons (Fsp3) is 0.600. The summed E-state index contributed by atoms with van der Waals surface area (Å²) in [6, 6.07) is 2.11. The number of carboxylic acids is 1. The zero-order valence-corrected chi connectivity index (χ0v) is 11.9. The summed E-state index contributed by atoms with van der Waals surface area (Å²) in [6.07, 6.45) is 3.49. The van der Waals surface area contributed by atoms with Crippen molar-refractivity contribution in [2.24, 2.45) is 0 Å². The first-order valence-corrected chi connectivity index (χ1v) is 7.17. The zero-order chi connectivity index (χ0) is 14.3. The summed E-state index contributed by atoms with van der Waals surface area (Å²) in [6.45, 7) is 5.12. The molecule has 0 amide bonds. The first-order valence-electron chi connectivity index (χ1n) is 7.17. The summed E-state index contributed by atoms with van der Waals surface area (Å²) in [4.78, 5) is 18.3. The van der Waals surface area contributed by atoms with E-state index in [2.05, 4.69) is 9.88 Å². The SMILES string of the molecule is Cc1cc(C)c(C(=O)O)c(N2CCOC3CCCC32)n1. The normalized spacial score (nSPS) is 25.6. The Hall–Kier alpha value is -1.62. The lowest BCUT2D eigenvalue weighted by atomic mass is 10.1. The number of morpholine rings is 1. The van der Waals surface area contributed by atoms with Crippen LogP contribution in [0.2, 0.25) is 0 Å². The van der Waals surface area contributed by atoms with E-state index in [-0.39, 0.29) is 12.1 Å². The fourth-order valence-corrected chi connectivity index (χ4v) is 3.48. The van der Waals surface area contributed by atoms with E-state index < -0.39 is 5.97 Å². The van der Waals surface area contributed by atoms with Gasteiger partial charge in [0.2, 0.25) is 0 Å². The number of aromatic nitrogens is 1. The molecule has 1 aliphatic carbocycles. The molecule has 1 aliphatic heterocycles. The van der Waals surface area contributed by atoms with E-state index in [1.807, 2.05) is 19.9 Å². The predicted molar refractivity (Wildman–Crippen MR) is 75.4 cm³/mol. The number of aromatic carboxylic acids is 1. The molecule has 108 valence electrons. The molecule has 1 aromatic rings. The number of ether oxygens (including phenoxy) is 1. The first kappa shape index (κ1) is 13.4. The Kier molecular flexibility index (Phi) is 3.38. The van der Waals surface area contributed by atoms with Crippen LogP contribution in [0.1, 0.15) is 40.9 Å². The number of rotatable bonds is 2. The molecule has 5 nitrogen and oxygen atoms in total. The molecule has 0 bridgehead atoms. The molecule has 0 spiro atoms. The van der Waals surface area contributed by atoms with Gasteiger partial charge in [-0.3, -0.25) is 0 Å². The molecule has 5 heteroatoms. The number of carbonyl (C=O) groups is 1. The number of pyridine rings is 1. The van der Waals surface area contributed by atoms with Gasteiger partial charge in [0, 0.05) is 12.2 Å². The van der Waals surface area contributed by atoms with Crippen LogP contribution in [0.3, 0.4) is 0 Å². The van der Waals surface area contributed by atoms with Gasteiger partial charge in [0.1, 0.15) is 11.4 Å². The number of anilines is 1. The van der Waals surface area contributed by atoms with Gasteiger partial charge in [-0.1, -0.05) is 0 Å². The number of hydrogen-bond acceptors (Lipinski definition) is 4. The van der Waals surface area contributed by atoms with Crippen LogP contribution in [-0.2, 0) is 4.74 Å². The van der Waals surface area contributed by atoms with Gasteiger partial charge < -0.3 is 14.7 Å². The van der Waals surface area contributed by atoms with Crippen LogP contribution >= 0.6 is 0 Å². The molecule has 2 aliphatic rings. The third-order valence-corrected chi connectivity index (χ3v) is 4.29. The quantitative estimate of drug-likeness (QED) is 0.896. The van der Waals surface area contributed by atoms with Crippen LogP contribution in [0, 0.1) is 13.8 Å². The van der Waals surface area contributed by atoms with Crippen molar-refractivity contribution in [2.45, 2.75) is 45.3 Å². The maximum absolute atomic E-state index is 11.6. The Bertz CT molecular complexity index is 544. The topological polar surface area (TPSA) is 62.7 Å². The monoisotopic (exact) mass is 276 g/mol. The van der Waals surface area contributed by atoms with E-state index in [4.69, 9.17) is 4.74 Å². The van der Waals surface area contributed by atoms with Crippen molar-refractivity contribution < 1.29 is 14.6 Å². The highest BCUT2D eigenvalue weighted by molar-refractivity contribution is 5.95. The molecule has 20 heavy (non-hydrogen) atoms. The smallest absolute Gasteiger partial charge is 0.339 e. The number of hydrogen-bond donors (Lipinski definition) is 1. The minimum atomic E-state index is -0.897. The predicted octanol–water partition coefficient (Wildman–Crippen LogP) is 2.15. The van der Waals surface area contributed by atoms with Crippen molar-refractivity contribution >= 4 is 11.8 Å². The number of carboxylic acid groups (broad SMARTS) is 1. The minimum Gasteiger partial charge on any atom is -0.478 e. The summed E-state index contributed by atoms with van der Waals surface area (Å²) < 4.78 is 5.80. The van der Waals surface area contributed by atoms with Crippen molar-refractivity contribution in [3.8, 4) is 0 Å². The molecule has 1 saturated heterocycles. The molecule has 2 fully saturated rings. The maximum atomic E-state index is 11.6. The van der Waals surface area contributed by atoms with E-state index in [9.17, 15) is 9.90 Å². The number of fused-ring (bicyclic) bond motifs is 1. The van der Waals surface area contributed by atoms with Crippen LogP contribution in [0.15, 0.2) is 6.07 Å². The lowest BCUT2D eigenvalue weighted by Crippen LogP contribution is -2.49. The summed E-state index contributed by atoms with van der Waals surface area (Å²) in [5.74, 6) is -0.277.